The minimum atomic E-state index is -4.10. The second-order valence-electron chi connectivity index (χ2n) is 6.96. The first-order chi connectivity index (χ1) is 13.6. The van der Waals surface area contributed by atoms with Crippen molar-refractivity contribution in [1.82, 2.24) is 0 Å². The first kappa shape index (κ1) is 20.4. The highest BCUT2D eigenvalue weighted by Gasteiger charge is 2.52. The fourth-order valence-corrected chi connectivity index (χ4v) is 5.93. The van der Waals surface area contributed by atoms with Crippen LogP contribution in [0.25, 0.3) is 0 Å². The van der Waals surface area contributed by atoms with Gasteiger partial charge in [0.25, 0.3) is 10.1 Å². The lowest BCUT2D eigenvalue weighted by atomic mass is 9.79. The summed E-state index contributed by atoms with van der Waals surface area (Å²) in [4.78, 5) is 0.0307. The average molecular weight is 540 g/mol. The first-order valence-corrected chi connectivity index (χ1v) is 11.6. The molecule has 0 amide bonds. The Balaban J connectivity index is 2.15. The molecule has 0 spiro atoms. The minimum absolute atomic E-state index is 0.00311. The molecule has 5 nitrogen and oxygen atoms in total. The van der Waals surface area contributed by atoms with Crippen LogP contribution in [-0.4, -0.2) is 18.6 Å². The number of hydrogen-bond acceptors (Lipinski definition) is 5. The van der Waals surface area contributed by atoms with E-state index in [9.17, 15) is 18.6 Å². The van der Waals surface area contributed by atoms with Gasteiger partial charge in [-0.2, -0.15) is 8.42 Å². The first-order valence-electron chi connectivity index (χ1n) is 8.61. The lowest BCUT2D eigenvalue weighted by molar-refractivity contribution is 0.179. The van der Waals surface area contributed by atoms with Crippen molar-refractivity contribution in [3.8, 4) is 11.5 Å². The van der Waals surface area contributed by atoms with E-state index in [2.05, 4.69) is 31.9 Å². The summed E-state index contributed by atoms with van der Waals surface area (Å²) in [5.41, 5.74) is 0.953. The molecule has 1 unspecified atom stereocenters. The molecule has 1 atom stereocenters. The van der Waals surface area contributed by atoms with E-state index >= 15 is 0 Å². The highest BCUT2D eigenvalue weighted by molar-refractivity contribution is 9.10. The summed E-state index contributed by atoms with van der Waals surface area (Å²) in [5, 5.41) is 20.8. The van der Waals surface area contributed by atoms with Crippen molar-refractivity contribution in [3.05, 3.63) is 85.3 Å². The number of benzene rings is 3. The fraction of sp³-hybridized carbons (Fsp3) is 0.143. The predicted molar refractivity (Wildman–Crippen MR) is 116 cm³/mol. The van der Waals surface area contributed by atoms with Crippen molar-refractivity contribution in [2.75, 3.05) is 0 Å². The van der Waals surface area contributed by atoms with Crippen LogP contribution in [0.15, 0.2) is 62.4 Å². The fourth-order valence-electron chi connectivity index (χ4n) is 3.52. The lowest BCUT2D eigenvalue weighted by Gasteiger charge is -2.30. The van der Waals surface area contributed by atoms with Gasteiger partial charge in [-0.15, -0.1) is 0 Å². The molecule has 0 saturated heterocycles. The van der Waals surface area contributed by atoms with Gasteiger partial charge >= 0.3 is 0 Å². The second-order valence-corrected chi connectivity index (χ2v) is 10.2. The topological polar surface area (TPSA) is 83.8 Å². The van der Waals surface area contributed by atoms with E-state index in [-0.39, 0.29) is 16.4 Å². The third-order valence-corrected chi connectivity index (χ3v) is 7.83. The number of aryl methyl sites for hydroxylation is 1. The molecule has 29 heavy (non-hydrogen) atoms. The largest absolute Gasteiger partial charge is 0.508 e. The summed E-state index contributed by atoms with van der Waals surface area (Å²) in [5.74, 6) is 0.0143. The predicted octanol–water partition coefficient (Wildman–Crippen LogP) is 5.25. The Labute approximate surface area is 185 Å². The van der Waals surface area contributed by atoms with Crippen LogP contribution in [0.2, 0.25) is 0 Å². The summed E-state index contributed by atoms with van der Waals surface area (Å²) in [6, 6.07) is 13.0. The highest BCUT2D eigenvalue weighted by Crippen LogP contribution is 2.52. The van der Waals surface area contributed by atoms with Gasteiger partial charge in [0.2, 0.25) is 0 Å². The molecule has 8 heteroatoms. The number of phenols is 2. The number of fused-ring (bicyclic) bond motifs is 1. The van der Waals surface area contributed by atoms with Gasteiger partial charge in [0.15, 0.2) is 5.60 Å². The monoisotopic (exact) mass is 538 g/mol. The van der Waals surface area contributed by atoms with E-state index in [0.29, 0.717) is 36.8 Å². The van der Waals surface area contributed by atoms with Crippen LogP contribution in [0.4, 0.5) is 0 Å². The molecule has 150 valence electrons. The summed E-state index contributed by atoms with van der Waals surface area (Å²) in [6.45, 7) is 3.49. The van der Waals surface area contributed by atoms with Gasteiger partial charge in [-0.05, 0) is 60.9 Å². The Morgan fingerprint density at radius 1 is 0.897 bits per heavy atom. The third kappa shape index (κ3) is 3.09. The Morgan fingerprint density at radius 3 is 2.24 bits per heavy atom. The van der Waals surface area contributed by atoms with Crippen LogP contribution < -0.4 is 0 Å². The molecule has 0 radical (unpaired) electrons. The quantitative estimate of drug-likeness (QED) is 0.434. The lowest BCUT2D eigenvalue weighted by Crippen LogP contribution is -2.29. The molecule has 1 aliphatic heterocycles. The van der Waals surface area contributed by atoms with Gasteiger partial charge in [0.1, 0.15) is 16.4 Å². The summed E-state index contributed by atoms with van der Waals surface area (Å²) in [7, 11) is -4.10. The van der Waals surface area contributed by atoms with Crippen LogP contribution in [0.5, 0.6) is 11.5 Å². The molecule has 0 aliphatic carbocycles. The maximum atomic E-state index is 13.0. The van der Waals surface area contributed by atoms with E-state index in [1.807, 2.05) is 0 Å². The van der Waals surface area contributed by atoms with Crippen LogP contribution in [0.3, 0.4) is 0 Å². The van der Waals surface area contributed by atoms with E-state index in [0.717, 1.165) is 0 Å². The maximum Gasteiger partial charge on any atom is 0.298 e. The van der Waals surface area contributed by atoms with Crippen molar-refractivity contribution < 1.29 is 22.8 Å². The minimum Gasteiger partial charge on any atom is -0.508 e. The van der Waals surface area contributed by atoms with Crippen LogP contribution >= 0.6 is 31.9 Å². The molecule has 0 fully saturated rings. The Kier molecular flexibility index (Phi) is 4.81. The molecule has 0 aromatic heterocycles. The Bertz CT molecular complexity index is 1250. The molecular weight excluding hydrogens is 524 g/mol. The second kappa shape index (κ2) is 6.84. The van der Waals surface area contributed by atoms with Crippen molar-refractivity contribution >= 4 is 42.0 Å². The van der Waals surface area contributed by atoms with E-state index in [4.69, 9.17) is 4.18 Å². The summed E-state index contributed by atoms with van der Waals surface area (Å²) in [6.07, 6.45) is 0. The Morgan fingerprint density at radius 2 is 1.59 bits per heavy atom. The number of halogens is 2. The molecular formula is C21H16Br2O5S. The third-order valence-electron chi connectivity index (χ3n) is 5.17. The van der Waals surface area contributed by atoms with Crippen molar-refractivity contribution in [2.45, 2.75) is 24.3 Å². The van der Waals surface area contributed by atoms with E-state index in [1.54, 1.807) is 44.2 Å². The Hall–Kier alpha value is -1.87. The standard InChI is InChI=1S/C21H16Br2O5S/c1-11-3-4-13(8-18(11)24)21(14-7-17(23)12(2)19(25)9-14)16-6-5-15(22)10-20(16)29(26,27)28-21/h3-10,24-25H,1-2H3. The van der Waals surface area contributed by atoms with Gasteiger partial charge in [0, 0.05) is 20.1 Å². The number of aromatic hydroxyl groups is 2. The van der Waals surface area contributed by atoms with Crippen molar-refractivity contribution in [2.24, 2.45) is 0 Å². The highest BCUT2D eigenvalue weighted by atomic mass is 79.9. The van der Waals surface area contributed by atoms with E-state index < -0.39 is 15.7 Å². The van der Waals surface area contributed by atoms with Crippen LogP contribution in [0.1, 0.15) is 27.8 Å². The van der Waals surface area contributed by atoms with E-state index in [1.165, 1.54) is 18.2 Å². The van der Waals surface area contributed by atoms with Gasteiger partial charge in [0.05, 0.1) is 0 Å². The molecule has 3 aromatic rings. The van der Waals surface area contributed by atoms with Gasteiger partial charge in [-0.25, -0.2) is 4.18 Å². The molecule has 1 aliphatic rings. The molecule has 3 aromatic carbocycles. The number of rotatable bonds is 2. The van der Waals surface area contributed by atoms with Gasteiger partial charge in [-0.1, -0.05) is 50.1 Å². The number of hydrogen-bond donors (Lipinski definition) is 2. The van der Waals surface area contributed by atoms with Crippen LogP contribution in [-0.2, 0) is 19.9 Å². The maximum absolute atomic E-state index is 13.0. The number of phenolic OH excluding ortho intramolecular Hbond substituents is 2. The molecule has 0 saturated carbocycles. The summed E-state index contributed by atoms with van der Waals surface area (Å²) < 4.78 is 32.9. The SMILES string of the molecule is Cc1ccc(C2(c3cc(O)c(C)c(Br)c3)OS(=O)(=O)c3cc(Br)ccc32)cc1O. The van der Waals surface area contributed by atoms with Crippen molar-refractivity contribution in [1.29, 1.82) is 0 Å². The summed E-state index contributed by atoms with van der Waals surface area (Å²) >= 11 is 6.74. The van der Waals surface area contributed by atoms with Gasteiger partial charge in [-0.3, -0.25) is 0 Å². The molecule has 1 heterocycles. The molecule has 0 bridgehead atoms. The van der Waals surface area contributed by atoms with Crippen molar-refractivity contribution in [3.63, 3.8) is 0 Å². The zero-order chi connectivity index (χ0) is 21.1. The van der Waals surface area contributed by atoms with Gasteiger partial charge < -0.3 is 10.2 Å². The molecule has 2 N–H and O–H groups in total. The zero-order valence-corrected chi connectivity index (χ0v) is 19.4. The normalized spacial score (nSPS) is 19.9. The molecule has 4 rings (SSSR count). The zero-order valence-electron chi connectivity index (χ0n) is 15.4. The smallest absolute Gasteiger partial charge is 0.298 e. The van der Waals surface area contributed by atoms with Crippen LogP contribution in [0, 0.1) is 13.8 Å². The average Bonchev–Trinajstić information content (AvgIpc) is 2.89.